The molecule has 0 aliphatic rings. The molecule has 4 aromatic rings. The predicted octanol–water partition coefficient (Wildman–Crippen LogP) is 6.46. The van der Waals surface area contributed by atoms with Gasteiger partial charge in [0.25, 0.3) is 0 Å². The average Bonchev–Trinajstić information content (AvgIpc) is 3.69. The molecular formula is C41H47F2N8O7S+. The minimum atomic E-state index is -2.05. The summed E-state index contributed by atoms with van der Waals surface area (Å²) in [4.78, 5) is 49.1. The number of nitriles is 1. The van der Waals surface area contributed by atoms with Crippen molar-refractivity contribution in [1.29, 1.82) is 5.26 Å². The summed E-state index contributed by atoms with van der Waals surface area (Å²) in [6, 6.07) is 14.9. The Morgan fingerprint density at radius 1 is 1.08 bits per heavy atom. The molecular weight excluding hydrogens is 787 g/mol. The van der Waals surface area contributed by atoms with E-state index in [1.165, 1.54) is 61.5 Å². The van der Waals surface area contributed by atoms with E-state index in [9.17, 15) is 23.9 Å². The number of ether oxygens (including phenoxy) is 3. The predicted molar refractivity (Wildman–Crippen MR) is 217 cm³/mol. The Balaban J connectivity index is 1.42. The summed E-state index contributed by atoms with van der Waals surface area (Å²) in [5.41, 5.74) is -0.905. The summed E-state index contributed by atoms with van der Waals surface area (Å²) in [5, 5.41) is 29.2. The number of pyridine rings is 1. The molecule has 0 radical (unpaired) electrons. The molecule has 1 unspecified atom stereocenters. The third kappa shape index (κ3) is 12.1. The molecule has 312 valence electrons. The van der Waals surface area contributed by atoms with E-state index in [-0.39, 0.29) is 31.1 Å². The first-order chi connectivity index (χ1) is 27.7. The van der Waals surface area contributed by atoms with E-state index in [0.717, 1.165) is 33.6 Å². The van der Waals surface area contributed by atoms with Crippen molar-refractivity contribution in [2.75, 3.05) is 39.1 Å². The van der Waals surface area contributed by atoms with Gasteiger partial charge in [-0.2, -0.15) is 5.26 Å². The fourth-order valence-electron chi connectivity index (χ4n) is 5.49. The second-order valence-electron chi connectivity index (χ2n) is 14.6. The number of benzene rings is 2. The average molecular weight is 834 g/mol. The van der Waals surface area contributed by atoms with Crippen LogP contribution in [-0.4, -0.2) is 107 Å². The molecule has 2 amide bonds. The zero-order valence-electron chi connectivity index (χ0n) is 34.0. The minimum Gasteiger partial charge on any atom is -0.459 e. The highest BCUT2D eigenvalue weighted by atomic mass is 32.1. The van der Waals surface area contributed by atoms with Crippen molar-refractivity contribution in [2.45, 2.75) is 64.6 Å². The number of hydrogen-bond donors (Lipinski definition) is 1. The molecule has 4 rings (SSSR count). The van der Waals surface area contributed by atoms with Crippen LogP contribution < -0.4 is 4.90 Å². The van der Waals surface area contributed by atoms with Gasteiger partial charge in [0, 0.05) is 67.4 Å². The number of aromatic nitrogens is 2. The van der Waals surface area contributed by atoms with Crippen LogP contribution in [0, 0.1) is 23.0 Å². The molecule has 0 aliphatic heterocycles. The van der Waals surface area contributed by atoms with E-state index in [1.54, 1.807) is 69.5 Å². The minimum absolute atomic E-state index is 0.143. The van der Waals surface area contributed by atoms with Crippen molar-refractivity contribution in [3.05, 3.63) is 99.5 Å². The number of anilines is 1. The molecule has 2 heterocycles. The van der Waals surface area contributed by atoms with Gasteiger partial charge in [-0.1, -0.05) is 25.1 Å². The van der Waals surface area contributed by atoms with Gasteiger partial charge in [0.15, 0.2) is 0 Å². The SMILES string of the molecule is C=[N+](/C=N\N(C)C[C@](O)(c1cc(F)ccc1F)[C@@H](C)c1nc(-c2ccc(C#N)cc2)cs1)C(C)OC(=O)N(C)c1ncccc1COC(=O)CN(C)C(=O)OC(C)(C)C. The van der Waals surface area contributed by atoms with Crippen molar-refractivity contribution in [3.63, 3.8) is 0 Å². The maximum absolute atomic E-state index is 15.3. The zero-order valence-corrected chi connectivity index (χ0v) is 34.9. The molecule has 0 saturated heterocycles. The molecule has 0 aliphatic carbocycles. The number of hydrazone groups is 1. The number of rotatable bonds is 15. The van der Waals surface area contributed by atoms with Crippen LogP contribution in [0.15, 0.2) is 71.3 Å². The normalized spacial score (nSPS) is 13.4. The summed E-state index contributed by atoms with van der Waals surface area (Å²) in [7, 11) is 4.33. The van der Waals surface area contributed by atoms with E-state index in [2.05, 4.69) is 27.9 Å². The Hall–Kier alpha value is -6.32. The van der Waals surface area contributed by atoms with Gasteiger partial charge in [-0.25, -0.2) is 37.9 Å². The third-order valence-electron chi connectivity index (χ3n) is 8.84. The fourth-order valence-corrected chi connectivity index (χ4v) is 6.46. The molecule has 59 heavy (non-hydrogen) atoms. The third-order valence-corrected chi connectivity index (χ3v) is 9.87. The highest BCUT2D eigenvalue weighted by Gasteiger charge is 2.43. The summed E-state index contributed by atoms with van der Waals surface area (Å²) in [6.45, 7) is 11.2. The van der Waals surface area contributed by atoms with Gasteiger partial charge in [0.1, 0.15) is 41.8 Å². The van der Waals surface area contributed by atoms with Crippen LogP contribution in [-0.2, 0) is 31.2 Å². The van der Waals surface area contributed by atoms with Crippen LogP contribution in [0.3, 0.4) is 0 Å². The van der Waals surface area contributed by atoms with E-state index in [4.69, 9.17) is 19.5 Å². The lowest BCUT2D eigenvalue weighted by molar-refractivity contribution is -0.486. The number of nitrogens with zero attached hydrogens (tertiary/aromatic N) is 8. The summed E-state index contributed by atoms with van der Waals surface area (Å²) in [5.74, 6) is -3.01. The van der Waals surface area contributed by atoms with Gasteiger partial charge in [-0.05, 0) is 57.2 Å². The van der Waals surface area contributed by atoms with Crippen LogP contribution in [0.4, 0.5) is 24.2 Å². The highest BCUT2D eigenvalue weighted by molar-refractivity contribution is 7.10. The number of carbonyl (C=O) groups is 3. The molecule has 2 aromatic carbocycles. The van der Waals surface area contributed by atoms with Crippen LogP contribution in [0.5, 0.6) is 0 Å². The molecule has 0 fully saturated rings. The van der Waals surface area contributed by atoms with Gasteiger partial charge >= 0.3 is 24.5 Å². The quantitative estimate of drug-likeness (QED) is 0.0265. The van der Waals surface area contributed by atoms with Crippen LogP contribution in [0.2, 0.25) is 0 Å². The summed E-state index contributed by atoms with van der Waals surface area (Å²) < 4.78 is 47.3. The number of amides is 2. The first-order valence-corrected chi connectivity index (χ1v) is 19.1. The lowest BCUT2D eigenvalue weighted by Crippen LogP contribution is -2.43. The van der Waals surface area contributed by atoms with Crippen molar-refractivity contribution in [2.24, 2.45) is 5.10 Å². The Kier molecular flexibility index (Phi) is 14.9. The molecule has 15 nitrogen and oxygen atoms in total. The molecule has 18 heteroatoms. The number of thiazole rings is 1. The first kappa shape index (κ1) is 45.4. The topological polar surface area (TPSA) is 174 Å². The number of likely N-dealkylation sites (N-methyl/N-ethyl adjacent to an activating group) is 2. The summed E-state index contributed by atoms with van der Waals surface area (Å²) >= 11 is 1.24. The zero-order chi connectivity index (χ0) is 43.7. The Morgan fingerprint density at radius 2 is 1.78 bits per heavy atom. The van der Waals surface area contributed by atoms with Crippen molar-refractivity contribution >= 4 is 48.4 Å². The van der Waals surface area contributed by atoms with E-state index >= 15 is 4.39 Å². The monoisotopic (exact) mass is 833 g/mol. The Labute approximate surface area is 345 Å². The standard InChI is InChI=1S/C41H47F2N8O7S/c1-26(37-47-34(23-59-37)29-14-12-28(20-44)13-15-29)41(55,32-19-31(42)16-17-33(32)43)24-50(8)46-25-49(7)27(2)57-39(54)51(9)36-30(11-10-18-45-36)22-56-35(52)21-48(6)38(53)58-40(3,4)5/h10-19,23,25-27,55H,7,21-22,24H2,1-6,8-9H3/q+1/b46-25-/t26-,27?,41+/m0/s1. The number of halogens is 2. The van der Waals surface area contributed by atoms with Crippen molar-refractivity contribution < 1.29 is 47.1 Å². The molecule has 3 atom stereocenters. The first-order valence-electron chi connectivity index (χ1n) is 18.2. The van der Waals surface area contributed by atoms with Crippen LogP contribution >= 0.6 is 11.3 Å². The van der Waals surface area contributed by atoms with Crippen molar-refractivity contribution in [1.82, 2.24) is 19.9 Å². The molecule has 2 aromatic heterocycles. The lowest BCUT2D eigenvalue weighted by Gasteiger charge is -2.34. The largest absolute Gasteiger partial charge is 0.459 e. The van der Waals surface area contributed by atoms with E-state index in [0.29, 0.717) is 21.8 Å². The van der Waals surface area contributed by atoms with Crippen molar-refractivity contribution in [3.8, 4) is 17.3 Å². The molecule has 1 N–H and O–H groups in total. The lowest BCUT2D eigenvalue weighted by atomic mass is 9.81. The number of esters is 1. The number of hydrogen-bond acceptors (Lipinski definition) is 13. The van der Waals surface area contributed by atoms with Gasteiger partial charge in [-0.15, -0.1) is 11.3 Å². The van der Waals surface area contributed by atoms with Crippen LogP contribution in [0.25, 0.3) is 11.3 Å². The van der Waals surface area contributed by atoms with E-state index in [1.807, 2.05) is 0 Å². The number of carbonyl (C=O) groups excluding carboxylic acids is 3. The fraction of sp³-hybridized carbons (Fsp3) is 0.366. The van der Waals surface area contributed by atoms with Gasteiger partial charge in [0.05, 0.1) is 35.6 Å². The van der Waals surface area contributed by atoms with Gasteiger partial charge in [-0.3, -0.25) is 9.69 Å². The molecule has 0 bridgehead atoms. The maximum Gasteiger partial charge on any atom is 0.418 e. The smallest absolute Gasteiger partial charge is 0.418 e. The highest BCUT2D eigenvalue weighted by Crippen LogP contribution is 2.41. The maximum atomic E-state index is 15.3. The Morgan fingerprint density at radius 3 is 2.44 bits per heavy atom. The molecule has 0 saturated carbocycles. The summed E-state index contributed by atoms with van der Waals surface area (Å²) in [6.07, 6.45) is 0.155. The van der Waals surface area contributed by atoms with Gasteiger partial charge in [0.2, 0.25) is 6.23 Å². The van der Waals surface area contributed by atoms with E-state index < -0.39 is 53.1 Å². The Bertz CT molecular complexity index is 2220. The van der Waals surface area contributed by atoms with Gasteiger partial charge < -0.3 is 24.2 Å². The number of aliphatic hydroxyl groups is 1. The second kappa shape index (κ2) is 19.4. The second-order valence-corrected chi connectivity index (χ2v) is 15.5. The van der Waals surface area contributed by atoms with Crippen LogP contribution in [0.1, 0.15) is 62.2 Å². The molecule has 0 spiro atoms.